The second-order valence-electron chi connectivity index (χ2n) is 6.09. The van der Waals surface area contributed by atoms with Gasteiger partial charge in [0.1, 0.15) is 5.75 Å². The molecule has 0 unspecified atom stereocenters. The second-order valence-corrected chi connectivity index (χ2v) is 6.47. The van der Waals surface area contributed by atoms with Crippen molar-refractivity contribution < 1.29 is 14.6 Å². The third-order valence-corrected chi connectivity index (χ3v) is 4.43. The maximum atomic E-state index is 11.3. The minimum Gasteiger partial charge on any atom is -0.495 e. The molecule has 0 radical (unpaired) electrons. The van der Waals surface area contributed by atoms with Gasteiger partial charge in [-0.25, -0.2) is 0 Å². The molecule has 0 saturated carbocycles. The smallest absolute Gasteiger partial charge is 0.309 e. The van der Waals surface area contributed by atoms with E-state index in [1.807, 2.05) is 0 Å². The van der Waals surface area contributed by atoms with Crippen molar-refractivity contribution in [3.63, 3.8) is 0 Å². The van der Waals surface area contributed by atoms with Crippen molar-refractivity contribution >= 4 is 17.6 Å². The van der Waals surface area contributed by atoms with E-state index in [9.17, 15) is 9.90 Å². The minimum absolute atomic E-state index is 0.415. The third-order valence-electron chi connectivity index (χ3n) is 4.03. The van der Waals surface area contributed by atoms with Crippen molar-refractivity contribution in [2.45, 2.75) is 46.0 Å². The van der Waals surface area contributed by atoms with E-state index < -0.39 is 11.4 Å². The number of hydrogen-bond donors (Lipinski definition) is 1. The fourth-order valence-electron chi connectivity index (χ4n) is 2.80. The van der Waals surface area contributed by atoms with Crippen LogP contribution < -0.4 is 4.74 Å². The van der Waals surface area contributed by atoms with Gasteiger partial charge in [-0.1, -0.05) is 17.7 Å². The molecule has 0 aliphatic heterocycles. The van der Waals surface area contributed by atoms with Crippen LogP contribution in [0, 0.1) is 5.41 Å². The lowest BCUT2D eigenvalue weighted by Gasteiger charge is -2.25. The van der Waals surface area contributed by atoms with Crippen LogP contribution in [0.5, 0.6) is 5.75 Å². The number of carbonyl (C=O) groups is 1. The Labute approximate surface area is 124 Å². The SMILES string of the molecule is COc1c(CC(C)(C)C(=O)O)cc2c(c1Cl)CCCC2. The average molecular weight is 297 g/mol. The molecule has 1 aliphatic rings. The van der Waals surface area contributed by atoms with Gasteiger partial charge in [0.05, 0.1) is 17.5 Å². The normalized spacial score (nSPS) is 14.8. The largest absolute Gasteiger partial charge is 0.495 e. The number of halogens is 1. The predicted octanol–water partition coefficient (Wildman–Crippen LogP) is 3.88. The van der Waals surface area contributed by atoms with Crippen LogP contribution in [-0.4, -0.2) is 18.2 Å². The molecule has 0 spiro atoms. The van der Waals surface area contributed by atoms with Crippen molar-refractivity contribution in [3.8, 4) is 5.75 Å². The Kier molecular flexibility index (Phi) is 4.28. The van der Waals surface area contributed by atoms with Gasteiger partial charge in [-0.05, 0) is 62.6 Å². The third kappa shape index (κ3) is 2.78. The lowest BCUT2D eigenvalue weighted by atomic mass is 9.82. The fraction of sp³-hybridized carbons (Fsp3) is 0.562. The number of carboxylic acids is 1. The van der Waals surface area contributed by atoms with Crippen LogP contribution in [0.1, 0.15) is 43.4 Å². The van der Waals surface area contributed by atoms with Crippen LogP contribution in [0.25, 0.3) is 0 Å². The van der Waals surface area contributed by atoms with Gasteiger partial charge < -0.3 is 9.84 Å². The van der Waals surface area contributed by atoms with E-state index in [1.54, 1.807) is 21.0 Å². The van der Waals surface area contributed by atoms with Crippen LogP contribution >= 0.6 is 11.6 Å². The van der Waals surface area contributed by atoms with Gasteiger partial charge in [0.25, 0.3) is 0 Å². The molecule has 0 fully saturated rings. The summed E-state index contributed by atoms with van der Waals surface area (Å²) < 4.78 is 5.44. The lowest BCUT2D eigenvalue weighted by molar-refractivity contribution is -0.146. The molecule has 3 nitrogen and oxygen atoms in total. The maximum Gasteiger partial charge on any atom is 0.309 e. The van der Waals surface area contributed by atoms with E-state index in [0.717, 1.165) is 31.2 Å². The summed E-state index contributed by atoms with van der Waals surface area (Å²) in [6.45, 7) is 3.45. The second kappa shape index (κ2) is 5.65. The molecule has 0 aromatic heterocycles. The number of rotatable bonds is 4. The molecule has 1 N–H and O–H groups in total. The molecule has 1 aromatic carbocycles. The van der Waals surface area contributed by atoms with Crippen molar-refractivity contribution in [2.24, 2.45) is 5.41 Å². The number of benzene rings is 1. The Morgan fingerprint density at radius 1 is 1.40 bits per heavy atom. The molecule has 1 aliphatic carbocycles. The summed E-state index contributed by atoms with van der Waals surface area (Å²) in [5, 5.41) is 9.97. The Morgan fingerprint density at radius 3 is 2.65 bits per heavy atom. The van der Waals surface area contributed by atoms with E-state index in [0.29, 0.717) is 17.2 Å². The number of aliphatic carboxylic acids is 1. The van der Waals surface area contributed by atoms with E-state index >= 15 is 0 Å². The molecule has 4 heteroatoms. The first-order chi connectivity index (χ1) is 9.36. The van der Waals surface area contributed by atoms with Crippen LogP contribution in [-0.2, 0) is 24.1 Å². The van der Waals surface area contributed by atoms with E-state index in [-0.39, 0.29) is 0 Å². The zero-order valence-electron chi connectivity index (χ0n) is 12.3. The predicted molar refractivity (Wildman–Crippen MR) is 79.8 cm³/mol. The number of hydrogen-bond acceptors (Lipinski definition) is 2. The first kappa shape index (κ1) is 15.2. The summed E-state index contributed by atoms with van der Waals surface area (Å²) in [6.07, 6.45) is 4.72. The fourth-order valence-corrected chi connectivity index (χ4v) is 3.21. The molecule has 0 amide bonds. The monoisotopic (exact) mass is 296 g/mol. The van der Waals surface area contributed by atoms with Gasteiger partial charge in [0.15, 0.2) is 0 Å². The molecule has 0 heterocycles. The number of aryl methyl sites for hydroxylation is 1. The molecule has 0 atom stereocenters. The summed E-state index contributed by atoms with van der Waals surface area (Å²) in [5.74, 6) is -0.171. The molecular formula is C16H21ClO3. The Bertz CT molecular complexity index is 535. The highest BCUT2D eigenvalue weighted by atomic mass is 35.5. The van der Waals surface area contributed by atoms with E-state index in [1.165, 1.54) is 11.1 Å². The highest BCUT2D eigenvalue weighted by molar-refractivity contribution is 6.33. The molecule has 0 bridgehead atoms. The van der Waals surface area contributed by atoms with Crippen molar-refractivity contribution in [2.75, 3.05) is 7.11 Å². The summed E-state index contributed by atoms with van der Waals surface area (Å²) in [5.41, 5.74) is 2.48. The highest BCUT2D eigenvalue weighted by Gasteiger charge is 2.30. The van der Waals surface area contributed by atoms with Crippen LogP contribution in [0.4, 0.5) is 0 Å². The van der Waals surface area contributed by atoms with Crippen molar-refractivity contribution in [3.05, 3.63) is 27.8 Å². The van der Waals surface area contributed by atoms with Gasteiger partial charge in [0, 0.05) is 0 Å². The standard InChI is InChI=1S/C16H21ClO3/c1-16(2,15(18)19)9-11-8-10-6-4-5-7-12(10)13(17)14(11)20-3/h8H,4-7,9H2,1-3H3,(H,18,19). The average Bonchev–Trinajstić information content (AvgIpc) is 2.38. The van der Waals surface area contributed by atoms with Crippen LogP contribution in [0.15, 0.2) is 6.07 Å². The lowest BCUT2D eigenvalue weighted by Crippen LogP contribution is -2.26. The molecule has 20 heavy (non-hydrogen) atoms. The summed E-state index contributed by atoms with van der Waals surface area (Å²) in [6, 6.07) is 2.09. The molecule has 110 valence electrons. The summed E-state index contributed by atoms with van der Waals surface area (Å²) >= 11 is 6.47. The summed E-state index contributed by atoms with van der Waals surface area (Å²) in [7, 11) is 1.59. The Hall–Kier alpha value is -1.22. The van der Waals surface area contributed by atoms with Crippen LogP contribution in [0.3, 0.4) is 0 Å². The van der Waals surface area contributed by atoms with Gasteiger partial charge in [-0.15, -0.1) is 0 Å². The first-order valence-electron chi connectivity index (χ1n) is 6.97. The molecule has 1 aromatic rings. The number of carboxylic acid groups (broad SMARTS) is 1. The van der Waals surface area contributed by atoms with Gasteiger partial charge >= 0.3 is 5.97 Å². The van der Waals surface area contributed by atoms with Crippen molar-refractivity contribution in [1.82, 2.24) is 0 Å². The Balaban J connectivity index is 2.47. The first-order valence-corrected chi connectivity index (χ1v) is 7.35. The summed E-state index contributed by atoms with van der Waals surface area (Å²) in [4.78, 5) is 11.3. The van der Waals surface area contributed by atoms with E-state index in [4.69, 9.17) is 16.3 Å². The highest BCUT2D eigenvalue weighted by Crippen LogP contribution is 2.40. The van der Waals surface area contributed by atoms with Gasteiger partial charge in [0.2, 0.25) is 0 Å². The minimum atomic E-state index is -0.834. The van der Waals surface area contributed by atoms with Crippen LogP contribution in [0.2, 0.25) is 5.02 Å². The zero-order valence-corrected chi connectivity index (χ0v) is 13.0. The number of methoxy groups -OCH3 is 1. The zero-order chi connectivity index (χ0) is 14.9. The van der Waals surface area contributed by atoms with Crippen molar-refractivity contribution in [1.29, 1.82) is 0 Å². The van der Waals surface area contributed by atoms with E-state index in [2.05, 4.69) is 6.07 Å². The molecular weight excluding hydrogens is 276 g/mol. The maximum absolute atomic E-state index is 11.3. The topological polar surface area (TPSA) is 46.5 Å². The number of fused-ring (bicyclic) bond motifs is 1. The molecule has 2 rings (SSSR count). The number of ether oxygens (including phenoxy) is 1. The quantitative estimate of drug-likeness (QED) is 0.917. The Morgan fingerprint density at radius 2 is 2.05 bits per heavy atom. The van der Waals surface area contributed by atoms with Gasteiger partial charge in [-0.3, -0.25) is 4.79 Å². The molecule has 0 saturated heterocycles. The van der Waals surface area contributed by atoms with Gasteiger partial charge in [-0.2, -0.15) is 0 Å².